The Morgan fingerprint density at radius 1 is 1.16 bits per heavy atom. The SMILES string of the molecule is CCC(N)C(OCc1ccccc1)c1cccnc1. The molecular formula is C16H20N2O. The van der Waals surface area contributed by atoms with Crippen LogP contribution in [-0.4, -0.2) is 11.0 Å². The maximum atomic E-state index is 6.16. The molecule has 2 aromatic rings. The summed E-state index contributed by atoms with van der Waals surface area (Å²) in [6.07, 6.45) is 4.34. The van der Waals surface area contributed by atoms with Crippen molar-refractivity contribution in [3.8, 4) is 0 Å². The Hall–Kier alpha value is -1.71. The Bertz CT molecular complexity index is 473. The van der Waals surface area contributed by atoms with Gasteiger partial charge in [0, 0.05) is 24.0 Å². The molecule has 0 amide bonds. The third kappa shape index (κ3) is 3.88. The first-order valence-corrected chi connectivity index (χ1v) is 6.62. The normalized spacial score (nSPS) is 14.0. The number of nitrogens with zero attached hydrogens (tertiary/aromatic N) is 1. The number of hydrogen-bond acceptors (Lipinski definition) is 3. The number of ether oxygens (including phenoxy) is 1. The lowest BCUT2D eigenvalue weighted by Gasteiger charge is -2.23. The zero-order chi connectivity index (χ0) is 13.5. The van der Waals surface area contributed by atoms with Gasteiger partial charge in [-0.3, -0.25) is 4.98 Å². The van der Waals surface area contributed by atoms with Crippen LogP contribution in [0.2, 0.25) is 0 Å². The number of nitrogens with two attached hydrogens (primary N) is 1. The summed E-state index contributed by atoms with van der Waals surface area (Å²) in [4.78, 5) is 4.14. The van der Waals surface area contributed by atoms with E-state index >= 15 is 0 Å². The summed E-state index contributed by atoms with van der Waals surface area (Å²) in [5.74, 6) is 0. The van der Waals surface area contributed by atoms with Gasteiger partial charge in [0.05, 0.1) is 12.7 Å². The van der Waals surface area contributed by atoms with Crippen LogP contribution in [0.15, 0.2) is 54.9 Å². The zero-order valence-electron chi connectivity index (χ0n) is 11.2. The van der Waals surface area contributed by atoms with Crippen molar-refractivity contribution in [2.24, 2.45) is 5.73 Å². The predicted molar refractivity (Wildman–Crippen MR) is 76.5 cm³/mol. The Kier molecular flexibility index (Phi) is 5.07. The average Bonchev–Trinajstić information content (AvgIpc) is 2.49. The zero-order valence-corrected chi connectivity index (χ0v) is 11.2. The van der Waals surface area contributed by atoms with Crippen molar-refractivity contribution in [2.45, 2.75) is 32.1 Å². The molecule has 2 N–H and O–H groups in total. The molecule has 0 bridgehead atoms. The van der Waals surface area contributed by atoms with Gasteiger partial charge in [-0.15, -0.1) is 0 Å². The number of pyridine rings is 1. The van der Waals surface area contributed by atoms with E-state index in [0.29, 0.717) is 6.61 Å². The van der Waals surface area contributed by atoms with Crippen LogP contribution in [0.5, 0.6) is 0 Å². The summed E-state index contributed by atoms with van der Waals surface area (Å²) in [6, 6.07) is 14.0. The van der Waals surface area contributed by atoms with Gasteiger partial charge in [-0.05, 0) is 18.1 Å². The predicted octanol–water partition coefficient (Wildman–Crippen LogP) is 3.08. The van der Waals surface area contributed by atoms with Crippen LogP contribution in [0.1, 0.15) is 30.6 Å². The number of hydrogen-bond donors (Lipinski definition) is 1. The molecule has 3 heteroatoms. The maximum absolute atomic E-state index is 6.16. The summed E-state index contributed by atoms with van der Waals surface area (Å²) >= 11 is 0. The first-order valence-electron chi connectivity index (χ1n) is 6.62. The molecule has 1 heterocycles. The van der Waals surface area contributed by atoms with E-state index in [0.717, 1.165) is 17.5 Å². The fourth-order valence-electron chi connectivity index (χ4n) is 1.99. The van der Waals surface area contributed by atoms with E-state index in [1.54, 1.807) is 6.20 Å². The third-order valence-corrected chi connectivity index (χ3v) is 3.15. The van der Waals surface area contributed by atoms with E-state index in [4.69, 9.17) is 10.5 Å². The highest BCUT2D eigenvalue weighted by molar-refractivity contribution is 5.16. The molecule has 1 aromatic carbocycles. The molecule has 0 aliphatic heterocycles. The Labute approximate surface area is 114 Å². The van der Waals surface area contributed by atoms with Crippen LogP contribution < -0.4 is 5.73 Å². The summed E-state index contributed by atoms with van der Waals surface area (Å²) < 4.78 is 6.00. The Morgan fingerprint density at radius 3 is 2.58 bits per heavy atom. The van der Waals surface area contributed by atoms with Crippen molar-refractivity contribution in [1.82, 2.24) is 4.98 Å². The first kappa shape index (κ1) is 13.7. The summed E-state index contributed by atoms with van der Waals surface area (Å²) in [6.45, 7) is 2.63. The summed E-state index contributed by atoms with van der Waals surface area (Å²) in [7, 11) is 0. The standard InChI is InChI=1S/C16H20N2O/c1-2-15(17)16(14-9-6-10-18-11-14)19-12-13-7-4-3-5-8-13/h3-11,15-16H,2,12,17H2,1H3. The molecule has 100 valence electrons. The van der Waals surface area contributed by atoms with Crippen LogP contribution in [0, 0.1) is 0 Å². The molecule has 0 spiro atoms. The largest absolute Gasteiger partial charge is 0.367 e. The fraction of sp³-hybridized carbons (Fsp3) is 0.312. The molecule has 0 fully saturated rings. The van der Waals surface area contributed by atoms with E-state index in [-0.39, 0.29) is 12.1 Å². The van der Waals surface area contributed by atoms with Gasteiger partial charge in [0.25, 0.3) is 0 Å². The molecule has 2 atom stereocenters. The van der Waals surface area contributed by atoms with Gasteiger partial charge >= 0.3 is 0 Å². The molecule has 19 heavy (non-hydrogen) atoms. The lowest BCUT2D eigenvalue weighted by molar-refractivity contribution is 0.0210. The van der Waals surface area contributed by atoms with E-state index in [1.807, 2.05) is 36.5 Å². The van der Waals surface area contributed by atoms with Crippen molar-refractivity contribution >= 4 is 0 Å². The maximum Gasteiger partial charge on any atom is 0.0994 e. The topological polar surface area (TPSA) is 48.1 Å². The van der Waals surface area contributed by atoms with Crippen molar-refractivity contribution in [3.63, 3.8) is 0 Å². The smallest absolute Gasteiger partial charge is 0.0994 e. The van der Waals surface area contributed by atoms with Crippen LogP contribution in [0.3, 0.4) is 0 Å². The lowest BCUT2D eigenvalue weighted by atomic mass is 10.0. The molecule has 0 radical (unpaired) electrons. The molecule has 1 aromatic heterocycles. The minimum Gasteiger partial charge on any atom is -0.367 e. The Balaban J connectivity index is 2.07. The van der Waals surface area contributed by atoms with Gasteiger partial charge in [0.15, 0.2) is 0 Å². The molecule has 0 saturated carbocycles. The molecule has 2 unspecified atom stereocenters. The summed E-state index contributed by atoms with van der Waals surface area (Å²) in [5.41, 5.74) is 8.35. The quantitative estimate of drug-likeness (QED) is 0.864. The first-order chi connectivity index (χ1) is 9.31. The number of benzene rings is 1. The van der Waals surface area contributed by atoms with Gasteiger partial charge < -0.3 is 10.5 Å². The minimum absolute atomic E-state index is 0.0205. The van der Waals surface area contributed by atoms with Crippen molar-refractivity contribution in [1.29, 1.82) is 0 Å². The fourth-order valence-corrected chi connectivity index (χ4v) is 1.99. The van der Waals surface area contributed by atoms with Gasteiger partial charge in [0.1, 0.15) is 0 Å². The second-order valence-corrected chi connectivity index (χ2v) is 4.58. The monoisotopic (exact) mass is 256 g/mol. The highest BCUT2D eigenvalue weighted by atomic mass is 16.5. The number of aromatic nitrogens is 1. The summed E-state index contributed by atoms with van der Waals surface area (Å²) in [5, 5.41) is 0. The molecule has 0 saturated heterocycles. The van der Waals surface area contributed by atoms with Gasteiger partial charge in [-0.2, -0.15) is 0 Å². The molecule has 2 rings (SSSR count). The van der Waals surface area contributed by atoms with Crippen LogP contribution in [0.25, 0.3) is 0 Å². The van der Waals surface area contributed by atoms with E-state index in [2.05, 4.69) is 24.0 Å². The van der Waals surface area contributed by atoms with Crippen molar-refractivity contribution in [3.05, 3.63) is 66.0 Å². The van der Waals surface area contributed by atoms with Gasteiger partial charge in [0.2, 0.25) is 0 Å². The second-order valence-electron chi connectivity index (χ2n) is 4.58. The molecule has 0 aliphatic rings. The van der Waals surface area contributed by atoms with Gasteiger partial charge in [-0.25, -0.2) is 0 Å². The molecular weight excluding hydrogens is 236 g/mol. The molecule has 0 aliphatic carbocycles. The van der Waals surface area contributed by atoms with Gasteiger partial charge in [-0.1, -0.05) is 43.3 Å². The lowest BCUT2D eigenvalue weighted by Crippen LogP contribution is -2.29. The van der Waals surface area contributed by atoms with Crippen LogP contribution in [0.4, 0.5) is 0 Å². The number of rotatable bonds is 6. The van der Waals surface area contributed by atoms with E-state index < -0.39 is 0 Å². The highest BCUT2D eigenvalue weighted by Gasteiger charge is 2.19. The average molecular weight is 256 g/mol. The minimum atomic E-state index is -0.112. The second kappa shape index (κ2) is 7.02. The highest BCUT2D eigenvalue weighted by Crippen LogP contribution is 2.22. The van der Waals surface area contributed by atoms with E-state index in [1.165, 1.54) is 0 Å². The van der Waals surface area contributed by atoms with Crippen molar-refractivity contribution in [2.75, 3.05) is 0 Å². The third-order valence-electron chi connectivity index (χ3n) is 3.15. The Morgan fingerprint density at radius 2 is 1.95 bits per heavy atom. The van der Waals surface area contributed by atoms with Crippen LogP contribution >= 0.6 is 0 Å². The van der Waals surface area contributed by atoms with E-state index in [9.17, 15) is 0 Å². The van der Waals surface area contributed by atoms with Crippen LogP contribution in [-0.2, 0) is 11.3 Å². The molecule has 3 nitrogen and oxygen atoms in total. The van der Waals surface area contributed by atoms with Crippen molar-refractivity contribution < 1.29 is 4.74 Å².